The number of phenolic OH excluding ortho intramolecular Hbond substituents is 1. The van der Waals surface area contributed by atoms with Gasteiger partial charge in [-0.2, -0.15) is 0 Å². The van der Waals surface area contributed by atoms with Crippen molar-refractivity contribution in [1.29, 1.82) is 0 Å². The molecule has 0 radical (unpaired) electrons. The number of halogens is 2. The molecule has 0 fully saturated rings. The van der Waals surface area contributed by atoms with Crippen LogP contribution in [0.4, 0.5) is 5.69 Å². The van der Waals surface area contributed by atoms with Gasteiger partial charge >= 0.3 is 0 Å². The Balaban J connectivity index is 2.82. The summed E-state index contributed by atoms with van der Waals surface area (Å²) in [6.45, 7) is 19.9. The molecule has 2 rings (SSSR count). The first kappa shape index (κ1) is 23.8. The lowest BCUT2D eigenvalue weighted by Gasteiger charge is -2.32. The lowest BCUT2D eigenvalue weighted by atomic mass is 9.74. The summed E-state index contributed by atoms with van der Waals surface area (Å²) < 4.78 is 0. The summed E-state index contributed by atoms with van der Waals surface area (Å²) in [6, 6.07) is 7.73. The van der Waals surface area contributed by atoms with Gasteiger partial charge in [0.05, 0.1) is 10.7 Å². The molecule has 0 amide bonds. The number of hydrogen-bond acceptors (Lipinski definition) is 2. The summed E-state index contributed by atoms with van der Waals surface area (Å²) in [5.41, 5.74) is 4.93. The molecule has 0 aromatic heterocycles. The van der Waals surface area contributed by atoms with E-state index in [-0.39, 0.29) is 27.0 Å². The molecule has 158 valence electrons. The minimum atomic E-state index is -0.0953. The summed E-state index contributed by atoms with van der Waals surface area (Å²) in [4.78, 5) is 4.87. The number of phenols is 1. The maximum absolute atomic E-state index is 10.3. The van der Waals surface area contributed by atoms with Crippen molar-refractivity contribution in [3.05, 3.63) is 56.6 Å². The molecule has 0 heterocycles. The zero-order valence-electron chi connectivity index (χ0n) is 19.0. The molecule has 2 nitrogen and oxygen atoms in total. The monoisotopic (exact) mass is 433 g/mol. The van der Waals surface area contributed by atoms with E-state index >= 15 is 0 Å². The van der Waals surface area contributed by atoms with E-state index in [1.54, 1.807) is 12.3 Å². The van der Waals surface area contributed by atoms with E-state index in [0.717, 1.165) is 5.69 Å². The van der Waals surface area contributed by atoms with Crippen molar-refractivity contribution in [2.24, 2.45) is 4.99 Å². The predicted octanol–water partition coefficient (Wildman–Crippen LogP) is 8.34. The van der Waals surface area contributed by atoms with Crippen LogP contribution >= 0.6 is 23.2 Å². The summed E-state index contributed by atoms with van der Waals surface area (Å²) in [5.74, 6) is -0.0132. The largest absolute Gasteiger partial charge is 0.506 e. The van der Waals surface area contributed by atoms with E-state index in [1.165, 1.54) is 22.8 Å². The molecular weight excluding hydrogens is 401 g/mol. The molecule has 0 aliphatic rings. The predicted molar refractivity (Wildman–Crippen MR) is 128 cm³/mol. The fourth-order valence-corrected chi connectivity index (χ4v) is 3.68. The van der Waals surface area contributed by atoms with Crippen LogP contribution in [0.1, 0.15) is 84.6 Å². The van der Waals surface area contributed by atoms with Crippen molar-refractivity contribution < 1.29 is 5.11 Å². The van der Waals surface area contributed by atoms with E-state index in [2.05, 4.69) is 74.4 Å². The Kier molecular flexibility index (Phi) is 6.53. The maximum Gasteiger partial charge on any atom is 0.143 e. The Bertz CT molecular complexity index is 904. The van der Waals surface area contributed by atoms with Crippen molar-refractivity contribution in [3.8, 4) is 5.75 Å². The van der Waals surface area contributed by atoms with E-state index in [4.69, 9.17) is 28.2 Å². The van der Waals surface area contributed by atoms with Crippen LogP contribution in [-0.2, 0) is 16.2 Å². The van der Waals surface area contributed by atoms with Crippen LogP contribution in [0.15, 0.2) is 29.3 Å². The van der Waals surface area contributed by atoms with Gasteiger partial charge < -0.3 is 5.11 Å². The molecule has 0 unspecified atom stereocenters. The molecular formula is C25H33Cl2NO. The fraction of sp³-hybridized carbons (Fsp3) is 0.480. The highest BCUT2D eigenvalue weighted by Crippen LogP contribution is 2.43. The second-order valence-electron chi connectivity index (χ2n) is 10.8. The zero-order valence-corrected chi connectivity index (χ0v) is 20.5. The molecule has 1 N–H and O–H groups in total. The Morgan fingerprint density at radius 2 is 1.24 bits per heavy atom. The van der Waals surface area contributed by atoms with E-state index in [9.17, 15) is 5.11 Å². The van der Waals surface area contributed by atoms with Gasteiger partial charge in [0.15, 0.2) is 0 Å². The standard InChI is InChI=1S/C25H33Cl2NO/c1-23(2,3)16-11-18(24(4,5)6)21(19(12-16)25(7,8)9)28-14-15-10-17(26)13-20(27)22(15)29/h10-14,29H,1-9H3. The summed E-state index contributed by atoms with van der Waals surface area (Å²) in [5, 5.41) is 11.0. The van der Waals surface area contributed by atoms with Crippen LogP contribution < -0.4 is 0 Å². The van der Waals surface area contributed by atoms with Gasteiger partial charge in [0.1, 0.15) is 5.75 Å². The minimum Gasteiger partial charge on any atom is -0.506 e. The molecule has 2 aromatic carbocycles. The third-order valence-electron chi connectivity index (χ3n) is 4.98. The lowest BCUT2D eigenvalue weighted by Crippen LogP contribution is -2.21. The van der Waals surface area contributed by atoms with Gasteiger partial charge in [0, 0.05) is 16.8 Å². The van der Waals surface area contributed by atoms with Gasteiger partial charge in [0.2, 0.25) is 0 Å². The number of benzene rings is 2. The normalized spacial score (nSPS) is 13.3. The second-order valence-corrected chi connectivity index (χ2v) is 11.6. The number of nitrogens with zero attached hydrogens (tertiary/aromatic N) is 1. The van der Waals surface area contributed by atoms with Gasteiger partial charge in [-0.15, -0.1) is 0 Å². The number of rotatable bonds is 2. The van der Waals surface area contributed by atoms with Gasteiger partial charge in [-0.1, -0.05) is 97.6 Å². The molecule has 0 aliphatic heterocycles. The van der Waals surface area contributed by atoms with Crippen LogP contribution in [-0.4, -0.2) is 11.3 Å². The first-order chi connectivity index (χ1) is 13.0. The Morgan fingerprint density at radius 3 is 1.66 bits per heavy atom. The topological polar surface area (TPSA) is 32.6 Å². The Hall–Kier alpha value is -1.51. The highest BCUT2D eigenvalue weighted by molar-refractivity contribution is 6.36. The molecule has 29 heavy (non-hydrogen) atoms. The Labute approximate surface area is 186 Å². The number of aliphatic imine (C=N–C) groups is 1. The number of hydrogen-bond donors (Lipinski definition) is 1. The van der Waals surface area contributed by atoms with Gasteiger partial charge in [-0.25, -0.2) is 0 Å². The third kappa shape index (κ3) is 5.55. The molecule has 4 heteroatoms. The summed E-state index contributed by atoms with van der Waals surface area (Å²) >= 11 is 12.2. The van der Waals surface area contributed by atoms with Crippen LogP contribution in [0, 0.1) is 0 Å². The molecule has 0 aliphatic carbocycles. The molecule has 0 atom stereocenters. The van der Waals surface area contributed by atoms with E-state index in [0.29, 0.717) is 10.6 Å². The van der Waals surface area contributed by atoms with Crippen LogP contribution in [0.3, 0.4) is 0 Å². The van der Waals surface area contributed by atoms with Crippen molar-refractivity contribution in [1.82, 2.24) is 0 Å². The van der Waals surface area contributed by atoms with Crippen molar-refractivity contribution in [2.75, 3.05) is 0 Å². The first-order valence-corrected chi connectivity index (χ1v) is 10.7. The fourth-order valence-electron chi connectivity index (χ4n) is 3.17. The first-order valence-electron chi connectivity index (χ1n) is 9.93. The van der Waals surface area contributed by atoms with Crippen molar-refractivity contribution in [2.45, 2.75) is 78.6 Å². The lowest BCUT2D eigenvalue weighted by molar-refractivity contribution is 0.475. The molecule has 0 saturated heterocycles. The van der Waals surface area contributed by atoms with Gasteiger partial charge in [-0.3, -0.25) is 4.99 Å². The van der Waals surface area contributed by atoms with Crippen molar-refractivity contribution in [3.63, 3.8) is 0 Å². The van der Waals surface area contributed by atoms with Crippen LogP contribution in [0.25, 0.3) is 0 Å². The van der Waals surface area contributed by atoms with Crippen LogP contribution in [0.5, 0.6) is 5.75 Å². The average molecular weight is 434 g/mol. The smallest absolute Gasteiger partial charge is 0.143 e. The molecule has 2 aromatic rings. The quantitative estimate of drug-likeness (QED) is 0.473. The highest BCUT2D eigenvalue weighted by atomic mass is 35.5. The average Bonchev–Trinajstić information content (AvgIpc) is 2.53. The number of aromatic hydroxyl groups is 1. The van der Waals surface area contributed by atoms with Gasteiger partial charge in [-0.05, 0) is 45.1 Å². The zero-order chi connectivity index (χ0) is 22.4. The van der Waals surface area contributed by atoms with Gasteiger partial charge in [0.25, 0.3) is 0 Å². The maximum atomic E-state index is 10.3. The SMILES string of the molecule is CC(C)(C)c1cc(C(C)(C)C)c(N=Cc2cc(Cl)cc(Cl)c2O)c(C(C)(C)C)c1. The molecule has 0 spiro atoms. The second kappa shape index (κ2) is 7.96. The van der Waals surface area contributed by atoms with E-state index < -0.39 is 0 Å². The molecule has 0 saturated carbocycles. The molecule has 0 bridgehead atoms. The summed E-state index contributed by atoms with van der Waals surface area (Å²) in [6.07, 6.45) is 1.66. The Morgan fingerprint density at radius 1 is 0.759 bits per heavy atom. The van der Waals surface area contributed by atoms with Crippen LogP contribution in [0.2, 0.25) is 10.0 Å². The van der Waals surface area contributed by atoms with E-state index in [1.807, 2.05) is 0 Å². The summed E-state index contributed by atoms with van der Waals surface area (Å²) in [7, 11) is 0. The highest BCUT2D eigenvalue weighted by Gasteiger charge is 2.29. The third-order valence-corrected chi connectivity index (χ3v) is 5.49. The van der Waals surface area contributed by atoms with Crippen molar-refractivity contribution >= 4 is 35.1 Å². The minimum absolute atomic E-state index is 0.0132.